The normalized spacial score (nSPS) is 19.3. The third-order valence-electron chi connectivity index (χ3n) is 3.50. The molecule has 0 bridgehead atoms. The smallest absolute Gasteiger partial charge is 0.323 e. The summed E-state index contributed by atoms with van der Waals surface area (Å²) in [5.74, 6) is 1.18. The molecule has 122 valence electrons. The van der Waals surface area contributed by atoms with Crippen LogP contribution in [0.4, 0.5) is 11.9 Å². The minimum absolute atomic E-state index is 0.0779. The molecule has 1 N–H and O–H groups in total. The Kier molecular flexibility index (Phi) is 5.20. The van der Waals surface area contributed by atoms with Gasteiger partial charge in [0, 0.05) is 26.2 Å². The van der Waals surface area contributed by atoms with E-state index in [-0.39, 0.29) is 19.2 Å². The van der Waals surface area contributed by atoms with E-state index in [0.29, 0.717) is 38.3 Å². The van der Waals surface area contributed by atoms with Gasteiger partial charge >= 0.3 is 6.01 Å². The lowest BCUT2D eigenvalue weighted by Crippen LogP contribution is -2.40. The quantitative estimate of drug-likeness (QED) is 0.728. The fourth-order valence-electron chi connectivity index (χ4n) is 2.35. The highest BCUT2D eigenvalue weighted by Gasteiger charge is 2.21. The molecule has 0 unspecified atom stereocenters. The molecule has 2 aliphatic rings. The lowest BCUT2D eigenvalue weighted by atomic mass is 10.4. The molecule has 3 heterocycles. The molecule has 22 heavy (non-hydrogen) atoms. The number of anilines is 2. The highest BCUT2D eigenvalue weighted by molar-refractivity contribution is 5.41. The third-order valence-corrected chi connectivity index (χ3v) is 3.50. The fourth-order valence-corrected chi connectivity index (χ4v) is 2.35. The summed E-state index contributed by atoms with van der Waals surface area (Å²) < 4.78 is 16.1. The van der Waals surface area contributed by atoms with Gasteiger partial charge in [-0.3, -0.25) is 0 Å². The number of morpholine rings is 2. The van der Waals surface area contributed by atoms with E-state index < -0.39 is 0 Å². The van der Waals surface area contributed by atoms with Gasteiger partial charge in [-0.05, 0) is 0 Å². The van der Waals surface area contributed by atoms with Crippen molar-refractivity contribution in [2.24, 2.45) is 0 Å². The van der Waals surface area contributed by atoms with E-state index in [0.717, 1.165) is 26.2 Å². The zero-order chi connectivity index (χ0) is 15.2. The molecule has 0 radical (unpaired) electrons. The predicted octanol–water partition coefficient (Wildman–Crippen LogP) is -1.08. The number of ether oxygens (including phenoxy) is 3. The Bertz CT molecular complexity index is 441. The summed E-state index contributed by atoms with van der Waals surface area (Å²) in [7, 11) is 0. The van der Waals surface area contributed by atoms with Gasteiger partial charge in [0.25, 0.3) is 0 Å². The average molecular weight is 311 g/mol. The molecule has 1 aromatic heterocycles. The van der Waals surface area contributed by atoms with Crippen LogP contribution in [0, 0.1) is 0 Å². The van der Waals surface area contributed by atoms with Crippen molar-refractivity contribution in [3.05, 3.63) is 0 Å². The van der Waals surface area contributed by atoms with Crippen LogP contribution in [0.1, 0.15) is 0 Å². The topological polar surface area (TPSA) is 93.1 Å². The SMILES string of the molecule is OCCOc1nc(N2CCOCC2)nc(N2CCOCC2)n1. The second-order valence-corrected chi connectivity index (χ2v) is 4.99. The molecule has 1 aromatic rings. The van der Waals surface area contributed by atoms with E-state index >= 15 is 0 Å². The van der Waals surface area contributed by atoms with Crippen LogP contribution < -0.4 is 14.5 Å². The monoisotopic (exact) mass is 311 g/mol. The predicted molar refractivity (Wildman–Crippen MR) is 78.5 cm³/mol. The molecule has 0 amide bonds. The molecule has 2 saturated heterocycles. The molecule has 2 aliphatic heterocycles. The summed E-state index contributed by atoms with van der Waals surface area (Å²) in [5, 5.41) is 8.91. The largest absolute Gasteiger partial charge is 0.461 e. The van der Waals surface area contributed by atoms with Crippen molar-refractivity contribution in [3.63, 3.8) is 0 Å². The second-order valence-electron chi connectivity index (χ2n) is 4.99. The van der Waals surface area contributed by atoms with Gasteiger partial charge in [-0.1, -0.05) is 0 Å². The molecule has 0 aliphatic carbocycles. The lowest BCUT2D eigenvalue weighted by Gasteiger charge is -2.30. The van der Waals surface area contributed by atoms with E-state index in [9.17, 15) is 0 Å². The summed E-state index contributed by atoms with van der Waals surface area (Å²) in [4.78, 5) is 17.4. The maximum atomic E-state index is 8.91. The first-order valence-electron chi connectivity index (χ1n) is 7.52. The van der Waals surface area contributed by atoms with Gasteiger partial charge in [0.15, 0.2) is 0 Å². The summed E-state index contributed by atoms with van der Waals surface area (Å²) in [5.41, 5.74) is 0. The number of hydrogen-bond acceptors (Lipinski definition) is 9. The molecule has 9 heteroatoms. The standard InChI is InChI=1S/C13H21N5O4/c19-5-10-22-13-15-11(17-1-6-20-7-2-17)14-12(16-13)18-3-8-21-9-4-18/h19H,1-10H2. The van der Waals surface area contributed by atoms with Gasteiger partial charge in [0.1, 0.15) is 6.61 Å². The number of hydrogen-bond donors (Lipinski definition) is 1. The van der Waals surface area contributed by atoms with Crippen molar-refractivity contribution in [1.29, 1.82) is 0 Å². The molecular formula is C13H21N5O4. The summed E-state index contributed by atoms with van der Waals surface area (Å²) in [6.45, 7) is 5.68. The molecular weight excluding hydrogens is 290 g/mol. The van der Waals surface area contributed by atoms with Gasteiger partial charge in [-0.15, -0.1) is 0 Å². The van der Waals surface area contributed by atoms with E-state index in [1.54, 1.807) is 0 Å². The van der Waals surface area contributed by atoms with E-state index in [1.807, 2.05) is 0 Å². The van der Waals surface area contributed by atoms with Crippen LogP contribution in [-0.2, 0) is 9.47 Å². The highest BCUT2D eigenvalue weighted by Crippen LogP contribution is 2.19. The molecule has 0 spiro atoms. The molecule has 2 fully saturated rings. The summed E-state index contributed by atoms with van der Waals surface area (Å²) in [6.07, 6.45) is 0. The van der Waals surface area contributed by atoms with Crippen LogP contribution in [0.15, 0.2) is 0 Å². The number of aliphatic hydroxyl groups excluding tert-OH is 1. The Hall–Kier alpha value is -1.71. The molecule has 3 rings (SSSR count). The maximum absolute atomic E-state index is 8.91. The first-order valence-corrected chi connectivity index (χ1v) is 7.52. The van der Waals surface area contributed by atoms with Gasteiger partial charge in [0.05, 0.1) is 33.0 Å². The van der Waals surface area contributed by atoms with Crippen molar-refractivity contribution in [2.45, 2.75) is 0 Å². The van der Waals surface area contributed by atoms with Crippen LogP contribution in [0.3, 0.4) is 0 Å². The molecule has 0 atom stereocenters. The highest BCUT2D eigenvalue weighted by atomic mass is 16.5. The Morgan fingerprint density at radius 1 is 0.864 bits per heavy atom. The van der Waals surface area contributed by atoms with Gasteiger partial charge < -0.3 is 29.1 Å². The van der Waals surface area contributed by atoms with Gasteiger partial charge in [-0.2, -0.15) is 15.0 Å². The van der Waals surface area contributed by atoms with E-state index in [2.05, 4.69) is 24.8 Å². The van der Waals surface area contributed by atoms with Crippen LogP contribution >= 0.6 is 0 Å². The average Bonchev–Trinajstić information content (AvgIpc) is 2.61. The van der Waals surface area contributed by atoms with Crippen molar-refractivity contribution in [2.75, 3.05) is 75.6 Å². The van der Waals surface area contributed by atoms with Gasteiger partial charge in [0.2, 0.25) is 11.9 Å². The minimum atomic E-state index is -0.0779. The van der Waals surface area contributed by atoms with Crippen LogP contribution in [-0.4, -0.2) is 85.9 Å². The zero-order valence-corrected chi connectivity index (χ0v) is 12.5. The second kappa shape index (κ2) is 7.52. The van der Waals surface area contributed by atoms with Crippen LogP contribution in [0.5, 0.6) is 6.01 Å². The lowest BCUT2D eigenvalue weighted by molar-refractivity contribution is 0.120. The van der Waals surface area contributed by atoms with Gasteiger partial charge in [-0.25, -0.2) is 0 Å². The Balaban J connectivity index is 1.83. The number of nitrogens with zero attached hydrogens (tertiary/aromatic N) is 5. The molecule has 0 saturated carbocycles. The van der Waals surface area contributed by atoms with Crippen molar-refractivity contribution >= 4 is 11.9 Å². The van der Waals surface area contributed by atoms with Crippen molar-refractivity contribution in [3.8, 4) is 6.01 Å². The Morgan fingerprint density at radius 2 is 1.36 bits per heavy atom. The Labute approximate surface area is 128 Å². The first-order chi connectivity index (χ1) is 10.9. The van der Waals surface area contributed by atoms with E-state index in [4.69, 9.17) is 19.3 Å². The van der Waals surface area contributed by atoms with Crippen molar-refractivity contribution in [1.82, 2.24) is 15.0 Å². The Morgan fingerprint density at radius 3 is 1.82 bits per heavy atom. The fraction of sp³-hybridized carbons (Fsp3) is 0.769. The number of aliphatic hydroxyl groups is 1. The number of aromatic nitrogens is 3. The summed E-state index contributed by atoms with van der Waals surface area (Å²) >= 11 is 0. The summed E-state index contributed by atoms with van der Waals surface area (Å²) in [6, 6.07) is 0.243. The minimum Gasteiger partial charge on any atom is -0.461 e. The third kappa shape index (κ3) is 3.73. The van der Waals surface area contributed by atoms with Crippen LogP contribution in [0.25, 0.3) is 0 Å². The zero-order valence-electron chi connectivity index (χ0n) is 12.5. The molecule has 9 nitrogen and oxygen atoms in total. The number of rotatable bonds is 5. The van der Waals surface area contributed by atoms with Crippen molar-refractivity contribution < 1.29 is 19.3 Å². The van der Waals surface area contributed by atoms with Crippen LogP contribution in [0.2, 0.25) is 0 Å². The first kappa shape index (κ1) is 15.2. The maximum Gasteiger partial charge on any atom is 0.323 e. The van der Waals surface area contributed by atoms with E-state index in [1.165, 1.54) is 0 Å². The molecule has 0 aromatic carbocycles.